The van der Waals surface area contributed by atoms with Crippen LogP contribution in [0.1, 0.15) is 174 Å². The van der Waals surface area contributed by atoms with Crippen molar-refractivity contribution in [3.63, 3.8) is 0 Å². The van der Waals surface area contributed by atoms with Crippen molar-refractivity contribution in [1.82, 2.24) is 9.13 Å². The van der Waals surface area contributed by atoms with Crippen LogP contribution in [0.5, 0.6) is 0 Å². The van der Waals surface area contributed by atoms with Crippen molar-refractivity contribution in [1.29, 1.82) is 0 Å². The molecule has 0 fully saturated rings. The minimum absolute atomic E-state index is 0.0796. The fraction of sp³-hybridized carbons (Fsp3) is 0.311. The second kappa shape index (κ2) is 12.7. The van der Waals surface area contributed by atoms with Crippen LogP contribution in [-0.2, 0) is 5.41 Å². The first-order valence-electron chi connectivity index (χ1n) is 24.5. The van der Waals surface area contributed by atoms with E-state index in [2.05, 4.69) is 195 Å². The average molecular weight is 831 g/mol. The molecule has 4 aliphatic rings. The highest BCUT2D eigenvalue weighted by molar-refractivity contribution is 7.00. The Morgan fingerprint density at radius 2 is 0.938 bits per heavy atom. The van der Waals surface area contributed by atoms with E-state index in [1.807, 2.05) is 0 Å². The lowest BCUT2D eigenvalue weighted by Gasteiger charge is -2.44. The summed E-state index contributed by atoms with van der Waals surface area (Å²) in [6.45, 7) is 28.6. The van der Waals surface area contributed by atoms with Crippen LogP contribution in [0.25, 0.3) is 66.1 Å². The highest BCUT2D eigenvalue weighted by Crippen LogP contribution is 2.62. The molecule has 316 valence electrons. The van der Waals surface area contributed by atoms with Crippen LogP contribution in [0.15, 0.2) is 103 Å². The normalized spacial score (nSPS) is 14.9. The van der Waals surface area contributed by atoms with Crippen molar-refractivity contribution in [2.75, 3.05) is 0 Å². The molecule has 0 unspecified atom stereocenters. The zero-order chi connectivity index (χ0) is 44.2. The zero-order valence-electron chi connectivity index (χ0n) is 39.8. The molecule has 1 spiro atoms. The summed E-state index contributed by atoms with van der Waals surface area (Å²) in [6.07, 6.45) is 0. The summed E-state index contributed by atoms with van der Waals surface area (Å²) in [4.78, 5) is 0. The molecule has 0 radical (unpaired) electrons. The Balaban J connectivity index is 1.32. The van der Waals surface area contributed by atoms with E-state index < -0.39 is 5.41 Å². The lowest BCUT2D eigenvalue weighted by molar-refractivity contribution is 0.735. The van der Waals surface area contributed by atoms with Crippen LogP contribution in [0, 0.1) is 0 Å². The predicted molar refractivity (Wildman–Crippen MR) is 275 cm³/mol. The quantitative estimate of drug-likeness (QED) is 0.148. The number of benzene rings is 7. The lowest BCUT2D eigenvalue weighted by Crippen LogP contribution is -2.60. The monoisotopic (exact) mass is 830 g/mol. The van der Waals surface area contributed by atoms with Gasteiger partial charge in [0.2, 0.25) is 0 Å². The fourth-order valence-electron chi connectivity index (χ4n) is 13.2. The van der Waals surface area contributed by atoms with Gasteiger partial charge in [-0.05, 0) is 149 Å². The molecule has 5 heterocycles. The summed E-state index contributed by atoms with van der Waals surface area (Å²) in [5.74, 6) is 2.37. The van der Waals surface area contributed by atoms with Crippen LogP contribution in [-0.4, -0.2) is 15.8 Å². The van der Waals surface area contributed by atoms with Gasteiger partial charge in [0.25, 0.3) is 6.71 Å². The van der Waals surface area contributed by atoms with Gasteiger partial charge in [-0.1, -0.05) is 156 Å². The Morgan fingerprint density at radius 1 is 0.422 bits per heavy atom. The molecule has 13 rings (SSSR count). The molecule has 0 saturated carbocycles. The Morgan fingerprint density at radius 3 is 1.50 bits per heavy atom. The molecular formula is C61H59BN2. The van der Waals surface area contributed by atoms with Crippen LogP contribution < -0.4 is 16.4 Å². The van der Waals surface area contributed by atoms with E-state index in [9.17, 15) is 0 Å². The highest BCUT2D eigenvalue weighted by atomic mass is 15.1. The fourth-order valence-corrected chi connectivity index (χ4v) is 13.2. The SMILES string of the molecule is CC(C)c1ccc2c(c1)C1(c3cc(C(C)C)ccc3-2)c2ccc3c4c2-n2c5c(cc(C(C)C)cc5c5cc(C(C)C)cc1c52)B4c1cc(C(C)C)cc2c4c(C(C)C)cccc4n-3c12. The minimum Gasteiger partial charge on any atom is -0.310 e. The summed E-state index contributed by atoms with van der Waals surface area (Å²) >= 11 is 0. The molecule has 2 aromatic heterocycles. The Labute approximate surface area is 379 Å². The smallest absolute Gasteiger partial charge is 0.252 e. The molecule has 2 nitrogen and oxygen atoms in total. The van der Waals surface area contributed by atoms with E-state index in [4.69, 9.17) is 0 Å². The first kappa shape index (κ1) is 38.6. The van der Waals surface area contributed by atoms with Crippen molar-refractivity contribution in [3.8, 4) is 22.5 Å². The summed E-state index contributed by atoms with van der Waals surface area (Å²) in [5, 5.41) is 5.65. The summed E-state index contributed by atoms with van der Waals surface area (Å²) < 4.78 is 5.50. The van der Waals surface area contributed by atoms with E-state index >= 15 is 0 Å². The van der Waals surface area contributed by atoms with Gasteiger partial charge in [-0.2, -0.15) is 0 Å². The molecule has 1 aliphatic carbocycles. The van der Waals surface area contributed by atoms with Gasteiger partial charge in [-0.3, -0.25) is 0 Å². The number of fused-ring (bicyclic) bond motifs is 14. The average Bonchev–Trinajstić information content (AvgIpc) is 3.89. The van der Waals surface area contributed by atoms with Gasteiger partial charge in [0, 0.05) is 44.0 Å². The number of rotatable bonds is 6. The third-order valence-corrected chi connectivity index (χ3v) is 16.5. The maximum atomic E-state index is 2.80. The minimum atomic E-state index is -0.514. The zero-order valence-corrected chi connectivity index (χ0v) is 39.8. The van der Waals surface area contributed by atoms with Gasteiger partial charge < -0.3 is 9.13 Å². The summed E-state index contributed by atoms with van der Waals surface area (Å²) in [5.41, 5.74) is 29.2. The lowest BCUT2D eigenvalue weighted by atomic mass is 9.33. The first-order chi connectivity index (χ1) is 30.7. The van der Waals surface area contributed by atoms with Crippen molar-refractivity contribution in [2.45, 2.75) is 124 Å². The van der Waals surface area contributed by atoms with E-state index in [0.29, 0.717) is 35.5 Å². The number of hydrogen-bond donors (Lipinski definition) is 0. The highest BCUT2D eigenvalue weighted by Gasteiger charge is 2.55. The van der Waals surface area contributed by atoms with Crippen LogP contribution >= 0.6 is 0 Å². The van der Waals surface area contributed by atoms with E-state index in [1.54, 1.807) is 0 Å². The van der Waals surface area contributed by atoms with Gasteiger partial charge in [-0.25, -0.2) is 0 Å². The Kier molecular flexibility index (Phi) is 7.68. The summed E-state index contributed by atoms with van der Waals surface area (Å²) in [6, 6.07) is 42.9. The van der Waals surface area contributed by atoms with Gasteiger partial charge in [0.15, 0.2) is 0 Å². The number of hydrogen-bond acceptors (Lipinski definition) is 0. The van der Waals surface area contributed by atoms with E-state index in [1.165, 1.54) is 138 Å². The van der Waals surface area contributed by atoms with Crippen molar-refractivity contribution in [2.24, 2.45) is 0 Å². The van der Waals surface area contributed by atoms with Crippen molar-refractivity contribution in [3.05, 3.63) is 159 Å². The van der Waals surface area contributed by atoms with Gasteiger partial charge in [-0.15, -0.1) is 0 Å². The standard InChI is InChI=1S/C61H59BN2/c1-30(2)36-16-18-42-43-19-17-37(31(3)4)26-49(43)61(48(42)25-36)47-20-21-54-56-60(47)64-57-44(22-38(32(5)6)27-50(57)61)45-23-39(33(7)8)28-51(58(45)64)62(56)52-29-40(34(9)10)24-46-55-41(35(11)12)14-13-15-53(55)63(54)59(46)52/h13-35H,1-12H3. The molecule has 0 atom stereocenters. The Hall–Kier alpha value is -5.80. The number of nitrogens with zero attached hydrogens (tertiary/aromatic N) is 2. The van der Waals surface area contributed by atoms with E-state index in [-0.39, 0.29) is 6.71 Å². The molecule has 0 saturated heterocycles. The number of aromatic nitrogens is 2. The molecule has 0 amide bonds. The molecule has 3 heteroatoms. The third kappa shape index (κ3) is 4.50. The molecule has 0 bridgehead atoms. The van der Waals surface area contributed by atoms with Crippen LogP contribution in [0.4, 0.5) is 0 Å². The molecule has 0 N–H and O–H groups in total. The van der Waals surface area contributed by atoms with Gasteiger partial charge in [0.05, 0.1) is 16.4 Å². The van der Waals surface area contributed by atoms with E-state index in [0.717, 1.165) is 0 Å². The molecule has 64 heavy (non-hydrogen) atoms. The van der Waals surface area contributed by atoms with Crippen LogP contribution in [0.2, 0.25) is 0 Å². The molecule has 7 aromatic carbocycles. The largest absolute Gasteiger partial charge is 0.310 e. The third-order valence-electron chi connectivity index (χ3n) is 16.5. The maximum absolute atomic E-state index is 2.80. The van der Waals surface area contributed by atoms with Crippen molar-refractivity contribution >= 4 is 66.7 Å². The predicted octanol–water partition coefficient (Wildman–Crippen LogP) is 14.4. The molecular weight excluding hydrogens is 771 g/mol. The molecule has 3 aliphatic heterocycles. The van der Waals surface area contributed by atoms with Crippen molar-refractivity contribution < 1.29 is 0 Å². The second-order valence-corrected chi connectivity index (χ2v) is 22.0. The first-order valence-corrected chi connectivity index (χ1v) is 24.5. The van der Waals surface area contributed by atoms with Gasteiger partial charge in [0.1, 0.15) is 0 Å². The summed E-state index contributed by atoms with van der Waals surface area (Å²) in [7, 11) is 0. The molecule has 9 aromatic rings. The van der Waals surface area contributed by atoms with Gasteiger partial charge >= 0.3 is 0 Å². The van der Waals surface area contributed by atoms with Crippen LogP contribution in [0.3, 0.4) is 0 Å². The maximum Gasteiger partial charge on any atom is 0.252 e. The second-order valence-electron chi connectivity index (χ2n) is 22.0. The topological polar surface area (TPSA) is 9.86 Å². The Bertz CT molecular complexity index is 3520.